The number of hydrogen-bond donors (Lipinski definition) is 0. The average Bonchev–Trinajstić information content (AvgIpc) is 3.90. The lowest BCUT2D eigenvalue weighted by atomic mass is 9.84. The smallest absolute Gasteiger partial charge is 0.0547 e. The lowest BCUT2D eigenvalue weighted by Crippen LogP contribution is -2.01. The predicted molar refractivity (Wildman–Crippen MR) is 230 cm³/mol. The van der Waals surface area contributed by atoms with E-state index in [1.165, 1.54) is 111 Å². The Hall–Kier alpha value is -6.96. The predicted octanol–water partition coefficient (Wildman–Crippen LogP) is 14.0. The van der Waals surface area contributed by atoms with Crippen molar-refractivity contribution >= 4 is 32.6 Å². The van der Waals surface area contributed by atoms with Gasteiger partial charge in [0.15, 0.2) is 0 Å². The maximum atomic E-state index is 2.47. The largest absolute Gasteiger partial charge is 0.309 e. The van der Waals surface area contributed by atoms with Crippen LogP contribution in [-0.2, 0) is 6.42 Å². The molecule has 0 saturated carbocycles. The third-order valence-corrected chi connectivity index (χ3v) is 12.3. The molecule has 0 N–H and O–H groups in total. The number of fused-ring (bicyclic) bond motifs is 10. The van der Waals surface area contributed by atoms with Crippen molar-refractivity contribution in [2.45, 2.75) is 12.3 Å². The Morgan fingerprint density at radius 2 is 0.964 bits per heavy atom. The molecule has 1 unspecified atom stereocenters. The quantitative estimate of drug-likeness (QED) is 0.173. The normalized spacial score (nSPS) is 13.9. The molecule has 12 rings (SSSR count). The van der Waals surface area contributed by atoms with E-state index in [1.54, 1.807) is 0 Å². The second-order valence-electron chi connectivity index (χ2n) is 15.2. The van der Waals surface area contributed by atoms with Crippen LogP contribution in [0.25, 0.3) is 82.8 Å². The van der Waals surface area contributed by atoms with Crippen LogP contribution in [0.1, 0.15) is 33.7 Å². The Kier molecular flexibility index (Phi) is 6.53. The molecule has 0 spiro atoms. The summed E-state index contributed by atoms with van der Waals surface area (Å²) in [6, 6.07) is 72.5. The van der Waals surface area contributed by atoms with Gasteiger partial charge in [-0.3, -0.25) is 0 Å². The molecule has 1 heterocycles. The number of rotatable bonds is 4. The molecule has 1 atom stereocenters. The van der Waals surface area contributed by atoms with Crippen LogP contribution in [0, 0.1) is 0 Å². The van der Waals surface area contributed by atoms with Crippen molar-refractivity contribution < 1.29 is 0 Å². The number of nitrogens with zero attached hydrogens (tertiary/aromatic N) is 1. The molecule has 1 heteroatoms. The molecule has 0 amide bonds. The molecule has 2 aliphatic rings. The van der Waals surface area contributed by atoms with Crippen molar-refractivity contribution in [3.8, 4) is 50.2 Å². The minimum absolute atomic E-state index is 0.122. The highest BCUT2D eigenvalue weighted by Gasteiger charge is 2.31. The molecule has 1 aromatic heterocycles. The zero-order valence-electron chi connectivity index (χ0n) is 30.2. The summed E-state index contributed by atoms with van der Waals surface area (Å²) in [5, 5.41) is 5.16. The van der Waals surface area contributed by atoms with Crippen molar-refractivity contribution in [2.75, 3.05) is 0 Å². The van der Waals surface area contributed by atoms with E-state index in [2.05, 4.69) is 199 Å². The van der Waals surface area contributed by atoms with Crippen molar-refractivity contribution in [2.24, 2.45) is 0 Å². The number of para-hydroxylation sites is 2. The van der Waals surface area contributed by atoms with E-state index < -0.39 is 0 Å². The Morgan fingerprint density at radius 1 is 0.327 bits per heavy atom. The minimum atomic E-state index is 0.122. The van der Waals surface area contributed by atoms with Gasteiger partial charge < -0.3 is 4.57 Å². The number of benzene rings is 9. The third-order valence-electron chi connectivity index (χ3n) is 12.3. The first-order chi connectivity index (χ1) is 27.3. The van der Waals surface area contributed by atoms with Crippen molar-refractivity contribution in [3.63, 3.8) is 0 Å². The molecule has 10 aromatic rings. The molecule has 256 valence electrons. The molecule has 0 saturated heterocycles. The fraction of sp³-hybridized carbons (Fsp3) is 0.0370. The van der Waals surface area contributed by atoms with Crippen LogP contribution in [0.2, 0.25) is 0 Å². The highest BCUT2D eigenvalue weighted by Crippen LogP contribution is 2.51. The zero-order chi connectivity index (χ0) is 36.0. The van der Waals surface area contributed by atoms with E-state index in [-0.39, 0.29) is 5.92 Å². The molecule has 0 fully saturated rings. The minimum Gasteiger partial charge on any atom is -0.309 e. The monoisotopic (exact) mass is 697 g/mol. The summed E-state index contributed by atoms with van der Waals surface area (Å²) in [6.45, 7) is 0. The van der Waals surface area contributed by atoms with Gasteiger partial charge in [0.05, 0.1) is 11.0 Å². The van der Waals surface area contributed by atoms with Crippen LogP contribution in [0.3, 0.4) is 0 Å². The summed E-state index contributed by atoms with van der Waals surface area (Å²) in [5.41, 5.74) is 21.0. The Bertz CT molecular complexity index is 3180. The summed E-state index contributed by atoms with van der Waals surface area (Å²) in [4.78, 5) is 0. The van der Waals surface area contributed by atoms with Crippen molar-refractivity contribution in [1.82, 2.24) is 4.57 Å². The molecule has 1 nitrogen and oxygen atoms in total. The van der Waals surface area contributed by atoms with Gasteiger partial charge in [0.25, 0.3) is 0 Å². The van der Waals surface area contributed by atoms with E-state index in [1.807, 2.05) is 0 Å². The van der Waals surface area contributed by atoms with Gasteiger partial charge in [-0.25, -0.2) is 0 Å². The van der Waals surface area contributed by atoms with E-state index in [4.69, 9.17) is 0 Å². The molecule has 0 bridgehead atoms. The van der Waals surface area contributed by atoms with E-state index in [0.29, 0.717) is 0 Å². The van der Waals surface area contributed by atoms with Gasteiger partial charge in [0.2, 0.25) is 0 Å². The van der Waals surface area contributed by atoms with Gasteiger partial charge >= 0.3 is 0 Å². The van der Waals surface area contributed by atoms with Crippen LogP contribution in [-0.4, -0.2) is 4.57 Å². The van der Waals surface area contributed by atoms with E-state index in [9.17, 15) is 0 Å². The topological polar surface area (TPSA) is 4.93 Å². The fourth-order valence-corrected chi connectivity index (χ4v) is 9.86. The Labute approximate surface area is 320 Å². The standard InChI is InChI=1S/C54H35N/c1-2-13-39(14-3-1)55-52-23-9-8-17-46(52)47-29-27-35(33-53(47)55)34-26-28-45-43-16-6-7-18-48(43)54(51(45)31-34)49-22-11-20-42-40(19-10-21-44(42)49)38-25-24-37-30-36-12-4-5-15-41(36)50(37)32-38/h1-29,31-33,54H,30H2. The highest BCUT2D eigenvalue weighted by molar-refractivity contribution is 6.10. The number of hydrogen-bond acceptors (Lipinski definition) is 0. The second kappa shape index (κ2) is 11.8. The Morgan fingerprint density at radius 3 is 1.91 bits per heavy atom. The summed E-state index contributed by atoms with van der Waals surface area (Å²) in [5.74, 6) is 0.122. The summed E-state index contributed by atoms with van der Waals surface area (Å²) in [6.07, 6.45) is 1.01. The van der Waals surface area contributed by atoms with Gasteiger partial charge in [0.1, 0.15) is 0 Å². The summed E-state index contributed by atoms with van der Waals surface area (Å²) >= 11 is 0. The maximum absolute atomic E-state index is 2.47. The van der Waals surface area contributed by atoms with Crippen molar-refractivity contribution in [1.29, 1.82) is 0 Å². The molecule has 0 aliphatic heterocycles. The van der Waals surface area contributed by atoms with Crippen LogP contribution in [0.4, 0.5) is 0 Å². The average molecular weight is 698 g/mol. The molecule has 2 aliphatic carbocycles. The van der Waals surface area contributed by atoms with Crippen LogP contribution < -0.4 is 0 Å². The maximum Gasteiger partial charge on any atom is 0.0547 e. The van der Waals surface area contributed by atoms with Gasteiger partial charge in [-0.2, -0.15) is 0 Å². The van der Waals surface area contributed by atoms with Crippen LogP contribution >= 0.6 is 0 Å². The summed E-state index contributed by atoms with van der Waals surface area (Å²) < 4.78 is 2.41. The zero-order valence-corrected chi connectivity index (χ0v) is 30.2. The van der Waals surface area contributed by atoms with Gasteiger partial charge in [-0.15, -0.1) is 0 Å². The lowest BCUT2D eigenvalue weighted by Gasteiger charge is -2.19. The molecule has 55 heavy (non-hydrogen) atoms. The molecular weight excluding hydrogens is 663 g/mol. The van der Waals surface area contributed by atoms with E-state index >= 15 is 0 Å². The number of aromatic nitrogens is 1. The SMILES string of the molecule is c1ccc(-n2c3ccccc3c3ccc(-c4ccc5c(c4)C(c4cccc6c(-c7ccc8c(c7)-c7ccccc7C8)cccc46)c4ccccc4-5)cc32)cc1. The third kappa shape index (κ3) is 4.54. The lowest BCUT2D eigenvalue weighted by molar-refractivity contribution is 1.03. The van der Waals surface area contributed by atoms with Crippen LogP contribution in [0.5, 0.6) is 0 Å². The molecular formula is C54H35N. The molecule has 9 aromatic carbocycles. The van der Waals surface area contributed by atoms with Crippen molar-refractivity contribution in [3.05, 3.63) is 222 Å². The fourth-order valence-electron chi connectivity index (χ4n) is 9.86. The van der Waals surface area contributed by atoms with Gasteiger partial charge in [-0.1, -0.05) is 158 Å². The molecule has 0 radical (unpaired) electrons. The first kappa shape index (κ1) is 30.5. The first-order valence-corrected chi connectivity index (χ1v) is 19.3. The summed E-state index contributed by atoms with van der Waals surface area (Å²) in [7, 11) is 0. The van der Waals surface area contributed by atoms with E-state index in [0.717, 1.165) is 6.42 Å². The highest BCUT2D eigenvalue weighted by atomic mass is 15.0. The van der Waals surface area contributed by atoms with Crippen LogP contribution in [0.15, 0.2) is 194 Å². The first-order valence-electron chi connectivity index (χ1n) is 19.3. The van der Waals surface area contributed by atoms with Gasteiger partial charge in [0, 0.05) is 22.4 Å². The Balaban J connectivity index is 1.02. The van der Waals surface area contributed by atoms with Gasteiger partial charge in [-0.05, 0) is 126 Å². The second-order valence-corrected chi connectivity index (χ2v) is 15.2.